The van der Waals surface area contributed by atoms with Gasteiger partial charge < -0.3 is 19.5 Å². The van der Waals surface area contributed by atoms with Gasteiger partial charge in [-0.1, -0.05) is 42.5 Å². The summed E-state index contributed by atoms with van der Waals surface area (Å²) in [5.74, 6) is 1.97. The summed E-state index contributed by atoms with van der Waals surface area (Å²) in [5.41, 5.74) is 4.22. The maximum Gasteiger partial charge on any atom is 0.255 e. The molecule has 0 aliphatic carbocycles. The number of carbonyl (C=O) groups excluding carboxylic acids is 1. The van der Waals surface area contributed by atoms with E-state index in [0.29, 0.717) is 30.2 Å². The number of amides is 1. The van der Waals surface area contributed by atoms with Gasteiger partial charge in [0.1, 0.15) is 30.5 Å². The molecule has 172 valence electrons. The molecule has 34 heavy (non-hydrogen) atoms. The van der Waals surface area contributed by atoms with Crippen molar-refractivity contribution in [3.05, 3.63) is 119 Å². The Hall–Kier alpha value is -4.25. The Balaban J connectivity index is 1.38. The number of anilines is 1. The fraction of sp³-hybridized carbons (Fsp3) is 0.138. The Morgan fingerprint density at radius 1 is 0.765 bits per heavy atom. The van der Waals surface area contributed by atoms with Crippen molar-refractivity contribution in [1.29, 1.82) is 0 Å². The lowest BCUT2D eigenvalue weighted by Crippen LogP contribution is -2.13. The van der Waals surface area contributed by atoms with Gasteiger partial charge >= 0.3 is 0 Å². The van der Waals surface area contributed by atoms with E-state index >= 15 is 0 Å². The molecule has 0 atom stereocenters. The van der Waals surface area contributed by atoms with Crippen molar-refractivity contribution in [2.75, 3.05) is 12.4 Å². The maximum atomic E-state index is 12.9. The number of nitrogens with one attached hydrogen (secondary N) is 1. The molecule has 4 aromatic carbocycles. The average molecular weight is 454 g/mol. The molecule has 4 rings (SSSR count). The van der Waals surface area contributed by atoms with E-state index in [-0.39, 0.29) is 5.91 Å². The van der Waals surface area contributed by atoms with Crippen LogP contribution >= 0.6 is 0 Å². The smallest absolute Gasteiger partial charge is 0.255 e. The summed E-state index contributed by atoms with van der Waals surface area (Å²) in [6.45, 7) is 2.80. The first-order valence-electron chi connectivity index (χ1n) is 11.1. The van der Waals surface area contributed by atoms with Crippen LogP contribution in [0.3, 0.4) is 0 Å². The first-order chi connectivity index (χ1) is 16.6. The number of ether oxygens (including phenoxy) is 3. The van der Waals surface area contributed by atoms with Crippen LogP contribution in [0.5, 0.6) is 17.2 Å². The Labute approximate surface area is 199 Å². The lowest BCUT2D eigenvalue weighted by molar-refractivity contribution is 0.102. The molecule has 0 aliphatic heterocycles. The second kappa shape index (κ2) is 11.1. The standard InChI is InChI=1S/C29H27NO4/c1-21-7-6-10-27(17-21)34-20-24-18-23(11-16-28(24)32-2)29(31)30-25-12-14-26(15-13-25)33-19-22-8-4-3-5-9-22/h3-18H,19-20H2,1-2H3,(H,30,31). The zero-order valence-electron chi connectivity index (χ0n) is 19.3. The molecule has 0 unspecified atom stereocenters. The normalized spacial score (nSPS) is 10.4. The molecule has 5 heteroatoms. The van der Waals surface area contributed by atoms with Crippen molar-refractivity contribution < 1.29 is 19.0 Å². The summed E-state index contributed by atoms with van der Waals surface area (Å²) in [6, 6.07) is 30.5. The monoisotopic (exact) mass is 453 g/mol. The number of rotatable bonds is 9. The topological polar surface area (TPSA) is 56.8 Å². The lowest BCUT2D eigenvalue weighted by Gasteiger charge is -2.13. The molecule has 0 aromatic heterocycles. The Kier molecular flexibility index (Phi) is 7.45. The van der Waals surface area contributed by atoms with Crippen LogP contribution in [0.2, 0.25) is 0 Å². The summed E-state index contributed by atoms with van der Waals surface area (Å²) in [6.07, 6.45) is 0. The van der Waals surface area contributed by atoms with Gasteiger partial charge in [-0.25, -0.2) is 0 Å². The van der Waals surface area contributed by atoms with Crippen LogP contribution in [0.15, 0.2) is 97.1 Å². The molecule has 5 nitrogen and oxygen atoms in total. The van der Waals surface area contributed by atoms with Gasteiger partial charge in [-0.15, -0.1) is 0 Å². The summed E-state index contributed by atoms with van der Waals surface area (Å²) in [4.78, 5) is 12.9. The minimum absolute atomic E-state index is 0.211. The van der Waals surface area contributed by atoms with Crippen LogP contribution in [0.1, 0.15) is 27.0 Å². The van der Waals surface area contributed by atoms with Crippen LogP contribution in [-0.2, 0) is 13.2 Å². The molecule has 0 saturated carbocycles. The SMILES string of the molecule is COc1ccc(C(=O)Nc2ccc(OCc3ccccc3)cc2)cc1COc1cccc(C)c1. The number of carbonyl (C=O) groups is 1. The fourth-order valence-corrected chi connectivity index (χ4v) is 3.48. The van der Waals surface area contributed by atoms with Gasteiger partial charge in [0.15, 0.2) is 0 Å². The predicted molar refractivity (Wildman–Crippen MR) is 134 cm³/mol. The Bertz CT molecular complexity index is 1240. The summed E-state index contributed by atoms with van der Waals surface area (Å²) in [5, 5.41) is 2.93. The first kappa shape index (κ1) is 22.9. The third-order valence-corrected chi connectivity index (χ3v) is 5.29. The molecular weight excluding hydrogens is 426 g/mol. The van der Waals surface area contributed by atoms with Crippen molar-refractivity contribution in [2.24, 2.45) is 0 Å². The second-order valence-corrected chi connectivity index (χ2v) is 7.88. The number of hydrogen-bond acceptors (Lipinski definition) is 4. The third-order valence-electron chi connectivity index (χ3n) is 5.29. The highest BCUT2D eigenvalue weighted by atomic mass is 16.5. The quantitative estimate of drug-likeness (QED) is 0.318. The van der Waals surface area contributed by atoms with Crippen molar-refractivity contribution in [3.63, 3.8) is 0 Å². The molecule has 1 N–H and O–H groups in total. The summed E-state index contributed by atoms with van der Waals surface area (Å²) < 4.78 is 17.2. The van der Waals surface area contributed by atoms with E-state index in [1.165, 1.54) is 0 Å². The zero-order valence-corrected chi connectivity index (χ0v) is 19.3. The first-order valence-corrected chi connectivity index (χ1v) is 11.1. The van der Waals surface area contributed by atoms with Crippen LogP contribution in [0.25, 0.3) is 0 Å². The van der Waals surface area contributed by atoms with E-state index in [1.807, 2.05) is 85.8 Å². The second-order valence-electron chi connectivity index (χ2n) is 7.88. The lowest BCUT2D eigenvalue weighted by atomic mass is 10.1. The van der Waals surface area contributed by atoms with Crippen LogP contribution in [0.4, 0.5) is 5.69 Å². The molecule has 0 saturated heterocycles. The highest BCUT2D eigenvalue weighted by molar-refractivity contribution is 6.04. The highest BCUT2D eigenvalue weighted by Gasteiger charge is 2.12. The molecule has 0 radical (unpaired) electrons. The van der Waals surface area contributed by atoms with Gasteiger partial charge in [-0.3, -0.25) is 4.79 Å². The third kappa shape index (κ3) is 6.17. The van der Waals surface area contributed by atoms with Gasteiger partial charge in [0.2, 0.25) is 0 Å². The van der Waals surface area contributed by atoms with Crippen LogP contribution < -0.4 is 19.5 Å². The predicted octanol–water partition coefficient (Wildman–Crippen LogP) is 6.41. The van der Waals surface area contributed by atoms with Gasteiger partial charge in [0.25, 0.3) is 5.91 Å². The minimum Gasteiger partial charge on any atom is -0.496 e. The Morgan fingerprint density at radius 2 is 1.53 bits per heavy atom. The summed E-state index contributed by atoms with van der Waals surface area (Å²) in [7, 11) is 1.60. The molecule has 0 aliphatic rings. The van der Waals surface area contributed by atoms with E-state index in [2.05, 4.69) is 5.32 Å². The number of benzene rings is 4. The van der Waals surface area contributed by atoms with E-state index in [1.54, 1.807) is 25.3 Å². The molecule has 0 spiro atoms. The number of aryl methyl sites for hydroxylation is 1. The van der Waals surface area contributed by atoms with Gasteiger partial charge in [0.05, 0.1) is 7.11 Å². The fourth-order valence-electron chi connectivity index (χ4n) is 3.48. The molecule has 0 fully saturated rings. The van der Waals surface area contributed by atoms with Crippen LogP contribution in [-0.4, -0.2) is 13.0 Å². The van der Waals surface area contributed by atoms with Crippen molar-refractivity contribution in [3.8, 4) is 17.2 Å². The van der Waals surface area contributed by atoms with E-state index in [0.717, 1.165) is 28.2 Å². The highest BCUT2D eigenvalue weighted by Crippen LogP contribution is 2.24. The number of methoxy groups -OCH3 is 1. The summed E-state index contributed by atoms with van der Waals surface area (Å²) >= 11 is 0. The van der Waals surface area contributed by atoms with Crippen molar-refractivity contribution in [1.82, 2.24) is 0 Å². The molecule has 0 bridgehead atoms. The van der Waals surface area contributed by atoms with E-state index in [9.17, 15) is 4.79 Å². The van der Waals surface area contributed by atoms with Crippen LogP contribution in [0, 0.1) is 6.92 Å². The number of hydrogen-bond donors (Lipinski definition) is 1. The van der Waals surface area contributed by atoms with Crippen molar-refractivity contribution in [2.45, 2.75) is 20.1 Å². The minimum atomic E-state index is -0.211. The van der Waals surface area contributed by atoms with E-state index < -0.39 is 0 Å². The average Bonchev–Trinajstić information content (AvgIpc) is 2.87. The van der Waals surface area contributed by atoms with Gasteiger partial charge in [-0.05, 0) is 72.6 Å². The maximum absolute atomic E-state index is 12.9. The van der Waals surface area contributed by atoms with Gasteiger partial charge in [-0.2, -0.15) is 0 Å². The largest absolute Gasteiger partial charge is 0.496 e. The molecule has 0 heterocycles. The molecule has 1 amide bonds. The van der Waals surface area contributed by atoms with Crippen molar-refractivity contribution >= 4 is 11.6 Å². The Morgan fingerprint density at radius 3 is 2.26 bits per heavy atom. The van der Waals surface area contributed by atoms with Gasteiger partial charge in [0, 0.05) is 16.8 Å². The zero-order chi connectivity index (χ0) is 23.8. The van der Waals surface area contributed by atoms with E-state index in [4.69, 9.17) is 14.2 Å². The molecular formula is C29H27NO4. The molecule has 4 aromatic rings.